The van der Waals surface area contributed by atoms with Gasteiger partial charge in [-0.25, -0.2) is 18.2 Å². The van der Waals surface area contributed by atoms with E-state index in [2.05, 4.69) is 10.3 Å². The third kappa shape index (κ3) is 5.74. The van der Waals surface area contributed by atoms with Crippen molar-refractivity contribution in [3.63, 3.8) is 0 Å². The number of morpholine rings is 1. The number of amides is 1. The molecule has 0 spiro atoms. The highest BCUT2D eigenvalue weighted by Crippen LogP contribution is 2.28. The van der Waals surface area contributed by atoms with Gasteiger partial charge < -0.3 is 14.8 Å². The van der Waals surface area contributed by atoms with E-state index in [1.165, 1.54) is 34.3 Å². The zero-order valence-electron chi connectivity index (χ0n) is 16.5. The summed E-state index contributed by atoms with van der Waals surface area (Å²) in [6.07, 6.45) is 3.33. The van der Waals surface area contributed by atoms with Crippen LogP contribution in [0.5, 0.6) is 0 Å². The number of thioether (sulfide) groups is 1. The molecular weight excluding hydrogens is 466 g/mol. The number of ether oxygens (including phenoxy) is 2. The molecule has 1 aliphatic heterocycles. The van der Waals surface area contributed by atoms with Crippen molar-refractivity contribution in [2.75, 3.05) is 44.5 Å². The Kier molecular flexibility index (Phi) is 7.89. The lowest BCUT2D eigenvalue weighted by Crippen LogP contribution is -2.40. The second-order valence-corrected chi connectivity index (χ2v) is 9.45. The molecule has 2 aromatic rings. The van der Waals surface area contributed by atoms with Crippen molar-refractivity contribution in [3.8, 4) is 0 Å². The molecule has 0 unspecified atom stereocenters. The van der Waals surface area contributed by atoms with E-state index in [0.717, 1.165) is 0 Å². The van der Waals surface area contributed by atoms with Crippen molar-refractivity contribution in [1.82, 2.24) is 9.29 Å². The minimum atomic E-state index is -3.84. The summed E-state index contributed by atoms with van der Waals surface area (Å²) in [7, 11) is -3.84. The first-order valence-electron chi connectivity index (χ1n) is 9.16. The Labute approximate surface area is 189 Å². The van der Waals surface area contributed by atoms with E-state index >= 15 is 0 Å². The molecule has 1 aromatic heterocycles. The van der Waals surface area contributed by atoms with E-state index in [-0.39, 0.29) is 34.3 Å². The average Bonchev–Trinajstić information content (AvgIpc) is 2.79. The summed E-state index contributed by atoms with van der Waals surface area (Å²) in [6.45, 7) is 0.493. The van der Waals surface area contributed by atoms with Gasteiger partial charge in [-0.15, -0.1) is 11.8 Å². The van der Waals surface area contributed by atoms with Crippen LogP contribution in [-0.4, -0.2) is 68.7 Å². The predicted octanol–water partition coefficient (Wildman–Crippen LogP) is 2.27. The van der Waals surface area contributed by atoms with Crippen LogP contribution in [-0.2, 0) is 24.3 Å². The maximum absolute atomic E-state index is 12.9. The molecule has 0 atom stereocenters. The summed E-state index contributed by atoms with van der Waals surface area (Å²) in [4.78, 5) is 28.4. The highest BCUT2D eigenvalue weighted by Gasteiger charge is 2.28. The molecule has 31 heavy (non-hydrogen) atoms. The first-order chi connectivity index (χ1) is 14.8. The molecule has 12 heteroatoms. The zero-order valence-corrected chi connectivity index (χ0v) is 18.9. The minimum Gasteiger partial charge on any atom is -0.452 e. The number of esters is 1. The number of nitrogens with zero attached hydrogens (tertiary/aromatic N) is 2. The van der Waals surface area contributed by atoms with Crippen molar-refractivity contribution in [3.05, 3.63) is 47.1 Å². The Morgan fingerprint density at radius 3 is 2.74 bits per heavy atom. The van der Waals surface area contributed by atoms with Crippen LogP contribution < -0.4 is 5.32 Å². The molecule has 1 amide bonds. The van der Waals surface area contributed by atoms with Gasteiger partial charge in [0, 0.05) is 25.0 Å². The Morgan fingerprint density at radius 1 is 1.29 bits per heavy atom. The number of nitrogens with one attached hydrogen (secondary N) is 1. The molecule has 1 saturated heterocycles. The first-order valence-corrected chi connectivity index (χ1v) is 12.2. The molecule has 1 fully saturated rings. The molecule has 1 N–H and O–H groups in total. The van der Waals surface area contributed by atoms with Crippen LogP contribution in [0.3, 0.4) is 0 Å². The Morgan fingerprint density at radius 2 is 2.03 bits per heavy atom. The van der Waals surface area contributed by atoms with Gasteiger partial charge in [0.05, 0.1) is 23.8 Å². The molecule has 0 bridgehead atoms. The van der Waals surface area contributed by atoms with Crippen LogP contribution in [0.2, 0.25) is 5.02 Å². The third-order valence-electron chi connectivity index (χ3n) is 4.32. The smallest absolute Gasteiger partial charge is 0.341 e. The number of rotatable bonds is 7. The molecule has 2 heterocycles. The fourth-order valence-electron chi connectivity index (χ4n) is 2.82. The van der Waals surface area contributed by atoms with E-state index in [9.17, 15) is 18.0 Å². The summed E-state index contributed by atoms with van der Waals surface area (Å²) in [5, 5.41) is 3.05. The number of aromatic nitrogens is 1. The Bertz CT molecular complexity index is 1070. The lowest BCUT2D eigenvalue weighted by atomic mass is 10.3. The number of benzene rings is 1. The molecule has 0 saturated carbocycles. The molecule has 1 aromatic carbocycles. The van der Waals surface area contributed by atoms with E-state index in [1.54, 1.807) is 24.6 Å². The van der Waals surface area contributed by atoms with Gasteiger partial charge in [0.25, 0.3) is 5.91 Å². The molecular formula is C19H20ClN3O6S2. The van der Waals surface area contributed by atoms with Crippen molar-refractivity contribution < 1.29 is 27.5 Å². The summed E-state index contributed by atoms with van der Waals surface area (Å²) in [5.41, 5.74) is 0.469. The summed E-state index contributed by atoms with van der Waals surface area (Å²) >= 11 is 7.39. The van der Waals surface area contributed by atoms with Crippen LogP contribution >= 0.6 is 23.4 Å². The molecule has 166 valence electrons. The summed E-state index contributed by atoms with van der Waals surface area (Å²) in [6, 6.07) is 7.28. The van der Waals surface area contributed by atoms with Crippen molar-refractivity contribution in [1.29, 1.82) is 0 Å². The standard InChI is InChI=1S/C19H20ClN3O6S2/c1-30-18-14(3-2-6-21-18)19(25)29-12-17(24)22-13-4-5-15(20)16(11-13)31(26,27)23-7-9-28-10-8-23/h2-6,11H,7-10,12H2,1H3,(H,22,24). The lowest BCUT2D eigenvalue weighted by Gasteiger charge is -2.26. The molecule has 0 aliphatic carbocycles. The minimum absolute atomic E-state index is 0.0390. The van der Waals surface area contributed by atoms with E-state index in [0.29, 0.717) is 18.2 Å². The average molecular weight is 486 g/mol. The fraction of sp³-hybridized carbons (Fsp3) is 0.316. The SMILES string of the molecule is CSc1ncccc1C(=O)OCC(=O)Nc1ccc(Cl)c(S(=O)(=O)N2CCOCC2)c1. The Balaban J connectivity index is 1.66. The largest absolute Gasteiger partial charge is 0.452 e. The van der Waals surface area contributed by atoms with Crippen LogP contribution in [0.1, 0.15) is 10.4 Å². The number of anilines is 1. The second-order valence-electron chi connectivity index (χ2n) is 6.35. The number of hydrogen-bond acceptors (Lipinski definition) is 8. The predicted molar refractivity (Wildman–Crippen MR) is 116 cm³/mol. The van der Waals surface area contributed by atoms with Gasteiger partial charge in [0.2, 0.25) is 10.0 Å². The summed E-state index contributed by atoms with van der Waals surface area (Å²) in [5.74, 6) is -1.31. The highest BCUT2D eigenvalue weighted by molar-refractivity contribution is 7.98. The lowest BCUT2D eigenvalue weighted by molar-refractivity contribution is -0.119. The topological polar surface area (TPSA) is 115 Å². The fourth-order valence-corrected chi connectivity index (χ4v) is 5.27. The van der Waals surface area contributed by atoms with Crippen molar-refractivity contribution in [2.45, 2.75) is 9.92 Å². The van der Waals surface area contributed by atoms with Crippen molar-refractivity contribution >= 4 is 50.9 Å². The maximum atomic E-state index is 12.9. The third-order valence-corrected chi connectivity index (χ3v) is 7.41. The number of halogens is 1. The van der Waals surface area contributed by atoms with Gasteiger partial charge in [-0.1, -0.05) is 11.6 Å². The van der Waals surface area contributed by atoms with Gasteiger partial charge in [-0.3, -0.25) is 4.79 Å². The number of pyridine rings is 1. The van der Waals surface area contributed by atoms with E-state index in [1.807, 2.05) is 0 Å². The van der Waals surface area contributed by atoms with Crippen LogP contribution in [0.4, 0.5) is 5.69 Å². The van der Waals surface area contributed by atoms with E-state index in [4.69, 9.17) is 21.1 Å². The number of carbonyl (C=O) groups is 2. The van der Waals surface area contributed by atoms with Gasteiger partial charge >= 0.3 is 5.97 Å². The second kappa shape index (κ2) is 10.4. The molecule has 1 aliphatic rings. The van der Waals surface area contributed by atoms with Crippen LogP contribution in [0.25, 0.3) is 0 Å². The molecule has 9 nitrogen and oxygen atoms in total. The van der Waals surface area contributed by atoms with Gasteiger partial charge in [0.1, 0.15) is 9.92 Å². The Hall–Kier alpha value is -2.18. The van der Waals surface area contributed by atoms with Gasteiger partial charge in [0.15, 0.2) is 6.61 Å². The highest BCUT2D eigenvalue weighted by atomic mass is 35.5. The molecule has 0 radical (unpaired) electrons. The number of carbonyl (C=O) groups excluding carboxylic acids is 2. The normalized spacial score (nSPS) is 14.8. The zero-order chi connectivity index (χ0) is 22.4. The number of sulfonamides is 1. The maximum Gasteiger partial charge on any atom is 0.341 e. The summed E-state index contributed by atoms with van der Waals surface area (Å²) < 4.78 is 37.3. The van der Waals surface area contributed by atoms with Gasteiger partial charge in [-0.2, -0.15) is 4.31 Å². The molecule has 3 rings (SSSR count). The van der Waals surface area contributed by atoms with E-state index < -0.39 is 28.5 Å². The monoisotopic (exact) mass is 485 g/mol. The first kappa shape index (κ1) is 23.5. The van der Waals surface area contributed by atoms with Gasteiger partial charge in [-0.05, 0) is 36.6 Å². The number of hydrogen-bond donors (Lipinski definition) is 1. The van der Waals surface area contributed by atoms with Crippen molar-refractivity contribution in [2.24, 2.45) is 0 Å². The van der Waals surface area contributed by atoms with Crippen LogP contribution in [0.15, 0.2) is 46.5 Å². The van der Waals surface area contributed by atoms with Crippen LogP contribution in [0, 0.1) is 0 Å². The quantitative estimate of drug-likeness (QED) is 0.469.